The van der Waals surface area contributed by atoms with Gasteiger partial charge in [0.2, 0.25) is 0 Å². The third-order valence-electron chi connectivity index (χ3n) is 5.76. The van der Waals surface area contributed by atoms with Crippen LogP contribution >= 0.6 is 0 Å². The van der Waals surface area contributed by atoms with Gasteiger partial charge in [-0.15, -0.1) is 0 Å². The fourth-order valence-electron chi connectivity index (χ4n) is 4.02. The van der Waals surface area contributed by atoms with Crippen LogP contribution in [-0.2, 0) is 6.54 Å². The maximum absolute atomic E-state index is 9.55. The van der Waals surface area contributed by atoms with Crippen LogP contribution in [0.15, 0.2) is 24.3 Å². The number of para-hydroxylation sites is 1. The Morgan fingerprint density at radius 2 is 1.85 bits per heavy atom. The number of rotatable bonds is 8. The van der Waals surface area contributed by atoms with E-state index >= 15 is 0 Å². The van der Waals surface area contributed by atoms with E-state index < -0.39 is 0 Å². The van der Waals surface area contributed by atoms with Crippen molar-refractivity contribution in [2.24, 2.45) is 0 Å². The van der Waals surface area contributed by atoms with Crippen LogP contribution in [0.5, 0.6) is 5.75 Å². The highest BCUT2D eigenvalue weighted by Crippen LogP contribution is 2.21. The Labute approximate surface area is 158 Å². The number of hydrogen-bond donors (Lipinski definition) is 1. The smallest absolute Gasteiger partial charge is 0.123 e. The lowest BCUT2D eigenvalue weighted by Crippen LogP contribution is -2.52. The zero-order valence-corrected chi connectivity index (χ0v) is 16.3. The highest BCUT2D eigenvalue weighted by molar-refractivity contribution is 5.33. The molecule has 0 saturated carbocycles. The summed E-state index contributed by atoms with van der Waals surface area (Å²) in [6.07, 6.45) is 5.19. The van der Waals surface area contributed by atoms with E-state index in [9.17, 15) is 5.11 Å². The molecular weight excluding hydrogens is 326 g/mol. The molecule has 1 aromatic carbocycles. The summed E-state index contributed by atoms with van der Waals surface area (Å²) in [7, 11) is 2.09. The SMILES string of the molecule is CN1CCN(Cc2ccccc2OCCCN2CCCCC2)C[C@@H]1CO. The van der Waals surface area contributed by atoms with Crippen molar-refractivity contribution in [2.45, 2.75) is 38.3 Å². The lowest BCUT2D eigenvalue weighted by molar-refractivity contribution is 0.0535. The Kier molecular flexibility index (Phi) is 7.74. The van der Waals surface area contributed by atoms with Crippen LogP contribution in [0.2, 0.25) is 0 Å². The second-order valence-corrected chi connectivity index (χ2v) is 7.76. The zero-order chi connectivity index (χ0) is 18.2. The van der Waals surface area contributed by atoms with Crippen molar-refractivity contribution in [3.8, 4) is 5.75 Å². The summed E-state index contributed by atoms with van der Waals surface area (Å²) in [6, 6.07) is 8.66. The predicted octanol–water partition coefficient (Wildman–Crippen LogP) is 2.05. The second-order valence-electron chi connectivity index (χ2n) is 7.76. The minimum absolute atomic E-state index is 0.224. The third-order valence-corrected chi connectivity index (χ3v) is 5.76. The molecule has 0 aliphatic carbocycles. The molecule has 2 saturated heterocycles. The molecule has 0 bridgehead atoms. The molecule has 26 heavy (non-hydrogen) atoms. The van der Waals surface area contributed by atoms with Gasteiger partial charge in [-0.2, -0.15) is 0 Å². The van der Waals surface area contributed by atoms with Gasteiger partial charge >= 0.3 is 0 Å². The van der Waals surface area contributed by atoms with Crippen LogP contribution in [0.25, 0.3) is 0 Å². The largest absolute Gasteiger partial charge is 0.493 e. The van der Waals surface area contributed by atoms with Crippen LogP contribution in [0.1, 0.15) is 31.2 Å². The highest BCUT2D eigenvalue weighted by atomic mass is 16.5. The van der Waals surface area contributed by atoms with Crippen molar-refractivity contribution in [3.63, 3.8) is 0 Å². The number of benzene rings is 1. The fraction of sp³-hybridized carbons (Fsp3) is 0.714. The van der Waals surface area contributed by atoms with Gasteiger partial charge in [-0.1, -0.05) is 24.6 Å². The predicted molar refractivity (Wildman–Crippen MR) is 106 cm³/mol. The molecule has 0 radical (unpaired) electrons. The average Bonchev–Trinajstić information content (AvgIpc) is 2.68. The van der Waals surface area contributed by atoms with Crippen molar-refractivity contribution < 1.29 is 9.84 Å². The van der Waals surface area contributed by atoms with Gasteiger partial charge in [-0.05, 0) is 45.5 Å². The molecule has 0 amide bonds. The molecule has 3 rings (SSSR count). The van der Waals surface area contributed by atoms with Crippen LogP contribution in [0.4, 0.5) is 0 Å². The van der Waals surface area contributed by atoms with Gasteiger partial charge in [0, 0.05) is 44.3 Å². The minimum atomic E-state index is 0.224. The van der Waals surface area contributed by atoms with Gasteiger partial charge in [0.05, 0.1) is 13.2 Å². The van der Waals surface area contributed by atoms with Crippen molar-refractivity contribution in [1.82, 2.24) is 14.7 Å². The van der Waals surface area contributed by atoms with Gasteiger partial charge in [0.25, 0.3) is 0 Å². The van der Waals surface area contributed by atoms with E-state index in [1.165, 1.54) is 37.9 Å². The maximum atomic E-state index is 9.55. The van der Waals surface area contributed by atoms with Crippen molar-refractivity contribution >= 4 is 0 Å². The van der Waals surface area contributed by atoms with Crippen LogP contribution in [-0.4, -0.2) is 85.4 Å². The highest BCUT2D eigenvalue weighted by Gasteiger charge is 2.24. The van der Waals surface area contributed by atoms with E-state index in [0.717, 1.165) is 51.5 Å². The molecule has 5 heteroatoms. The van der Waals surface area contributed by atoms with Gasteiger partial charge in [-0.3, -0.25) is 9.80 Å². The Morgan fingerprint density at radius 3 is 2.65 bits per heavy atom. The van der Waals surface area contributed by atoms with E-state index in [1.807, 2.05) is 0 Å². The van der Waals surface area contributed by atoms with Crippen molar-refractivity contribution in [3.05, 3.63) is 29.8 Å². The number of hydrogen-bond acceptors (Lipinski definition) is 5. The zero-order valence-electron chi connectivity index (χ0n) is 16.3. The lowest BCUT2D eigenvalue weighted by Gasteiger charge is -2.38. The van der Waals surface area contributed by atoms with Crippen LogP contribution < -0.4 is 4.74 Å². The van der Waals surface area contributed by atoms with Gasteiger partial charge < -0.3 is 14.7 Å². The van der Waals surface area contributed by atoms with E-state index in [2.05, 4.69) is 46.0 Å². The first-order valence-corrected chi connectivity index (χ1v) is 10.2. The molecule has 5 nitrogen and oxygen atoms in total. The standard InChI is InChI=1S/C21H35N3O2/c1-22-13-14-24(17-20(22)18-25)16-19-8-3-4-9-21(19)26-15-7-12-23-10-5-2-6-11-23/h3-4,8-9,20,25H,2,5-7,10-18H2,1H3/t20-/m1/s1. The first-order chi connectivity index (χ1) is 12.8. The quantitative estimate of drug-likeness (QED) is 0.718. The maximum Gasteiger partial charge on any atom is 0.123 e. The van der Waals surface area contributed by atoms with Gasteiger partial charge in [0.15, 0.2) is 0 Å². The van der Waals surface area contributed by atoms with Gasteiger partial charge in [-0.25, -0.2) is 0 Å². The molecule has 0 aromatic heterocycles. The Morgan fingerprint density at radius 1 is 1.04 bits per heavy atom. The Balaban J connectivity index is 1.46. The van der Waals surface area contributed by atoms with E-state index in [0.29, 0.717) is 0 Å². The van der Waals surface area contributed by atoms with Crippen molar-refractivity contribution in [2.75, 3.05) is 59.5 Å². The number of piperazine rings is 1. The summed E-state index contributed by atoms with van der Waals surface area (Å²) >= 11 is 0. The fourth-order valence-corrected chi connectivity index (χ4v) is 4.02. The number of likely N-dealkylation sites (tertiary alicyclic amines) is 1. The van der Waals surface area contributed by atoms with E-state index in [4.69, 9.17) is 4.74 Å². The van der Waals surface area contributed by atoms with Crippen molar-refractivity contribution in [1.29, 1.82) is 0 Å². The molecular formula is C21H35N3O2. The van der Waals surface area contributed by atoms with Gasteiger partial charge in [0.1, 0.15) is 5.75 Å². The molecule has 2 aliphatic rings. The second kappa shape index (κ2) is 10.3. The molecule has 146 valence electrons. The Bertz CT molecular complexity index is 534. The first-order valence-electron chi connectivity index (χ1n) is 10.2. The number of ether oxygens (including phenoxy) is 1. The summed E-state index contributed by atoms with van der Waals surface area (Å²) in [5, 5.41) is 9.55. The Hall–Kier alpha value is -1.14. The summed E-state index contributed by atoms with van der Waals surface area (Å²) in [4.78, 5) is 7.24. The number of piperidine rings is 1. The van der Waals surface area contributed by atoms with E-state index in [1.54, 1.807) is 0 Å². The monoisotopic (exact) mass is 361 g/mol. The molecule has 1 N–H and O–H groups in total. The molecule has 0 spiro atoms. The topological polar surface area (TPSA) is 39.2 Å². The van der Waals surface area contributed by atoms with Crippen LogP contribution in [0.3, 0.4) is 0 Å². The number of likely N-dealkylation sites (N-methyl/N-ethyl adjacent to an activating group) is 1. The first kappa shape index (κ1) is 19.6. The molecule has 2 aliphatic heterocycles. The molecule has 2 fully saturated rings. The lowest BCUT2D eigenvalue weighted by atomic mass is 10.1. The minimum Gasteiger partial charge on any atom is -0.493 e. The normalized spacial score (nSPS) is 23.2. The number of nitrogens with zero attached hydrogens (tertiary/aromatic N) is 3. The molecule has 0 unspecified atom stereocenters. The molecule has 1 atom stereocenters. The summed E-state index contributed by atoms with van der Waals surface area (Å²) in [5.74, 6) is 1.02. The average molecular weight is 362 g/mol. The summed E-state index contributed by atoms with van der Waals surface area (Å²) < 4.78 is 6.13. The van der Waals surface area contributed by atoms with E-state index in [-0.39, 0.29) is 12.6 Å². The summed E-state index contributed by atoms with van der Waals surface area (Å²) in [5.41, 5.74) is 1.26. The number of aliphatic hydroxyl groups excluding tert-OH is 1. The third kappa shape index (κ3) is 5.68. The molecule has 1 aromatic rings. The molecule has 2 heterocycles. The van der Waals surface area contributed by atoms with Crippen LogP contribution in [0, 0.1) is 0 Å². The summed E-state index contributed by atoms with van der Waals surface area (Å²) in [6.45, 7) is 8.53. The number of aliphatic hydroxyl groups is 1.